The number of rotatable bonds is 14. The maximum atomic E-state index is 6.47. The summed E-state index contributed by atoms with van der Waals surface area (Å²) < 4.78 is 23.6. The number of hydrogen-bond donors (Lipinski definition) is 1. The van der Waals surface area contributed by atoms with Gasteiger partial charge in [-0.3, -0.25) is 0 Å². The molecule has 1 atom stereocenters. The molecule has 1 heterocycles. The average Bonchev–Trinajstić information content (AvgIpc) is 2.94. The van der Waals surface area contributed by atoms with Crippen molar-refractivity contribution in [3.05, 3.63) is 83.9 Å². The Labute approximate surface area is 215 Å². The van der Waals surface area contributed by atoms with Crippen LogP contribution in [0.15, 0.2) is 72.8 Å². The van der Waals surface area contributed by atoms with E-state index in [1.54, 1.807) is 7.11 Å². The highest BCUT2D eigenvalue weighted by atomic mass is 16.5. The number of fused-ring (bicyclic) bond motifs is 1. The van der Waals surface area contributed by atoms with Crippen molar-refractivity contribution in [1.82, 2.24) is 0 Å². The van der Waals surface area contributed by atoms with Crippen LogP contribution in [0.5, 0.6) is 23.0 Å². The molecule has 0 spiro atoms. The van der Waals surface area contributed by atoms with Crippen molar-refractivity contribution in [3.8, 4) is 23.0 Å². The van der Waals surface area contributed by atoms with E-state index in [4.69, 9.17) is 24.7 Å². The molecule has 0 unspecified atom stereocenters. The highest BCUT2D eigenvalue weighted by Crippen LogP contribution is 2.41. The Balaban J connectivity index is 1.13. The molecule has 2 N–H and O–H groups in total. The van der Waals surface area contributed by atoms with Crippen LogP contribution in [0.1, 0.15) is 49.7 Å². The minimum absolute atomic E-state index is 0.300. The van der Waals surface area contributed by atoms with Gasteiger partial charge in [0.1, 0.15) is 17.1 Å². The molecule has 0 amide bonds. The first kappa shape index (κ1) is 25.9. The lowest BCUT2D eigenvalue weighted by atomic mass is 9.86. The Morgan fingerprint density at radius 1 is 0.806 bits per heavy atom. The van der Waals surface area contributed by atoms with Crippen LogP contribution in [0.2, 0.25) is 0 Å². The van der Waals surface area contributed by atoms with Crippen molar-refractivity contribution >= 4 is 0 Å². The second-order valence-electron chi connectivity index (χ2n) is 9.51. The molecular formula is C31H39NO4. The molecule has 0 bridgehead atoms. The Kier molecular flexibility index (Phi) is 9.51. The van der Waals surface area contributed by atoms with Gasteiger partial charge in [-0.05, 0) is 92.8 Å². The van der Waals surface area contributed by atoms with Crippen LogP contribution >= 0.6 is 0 Å². The highest BCUT2D eigenvalue weighted by Gasteiger charge is 2.35. The van der Waals surface area contributed by atoms with Crippen molar-refractivity contribution in [3.63, 3.8) is 0 Å². The van der Waals surface area contributed by atoms with Crippen LogP contribution in [-0.4, -0.2) is 32.5 Å². The van der Waals surface area contributed by atoms with Gasteiger partial charge in [0.25, 0.3) is 0 Å². The van der Waals surface area contributed by atoms with E-state index in [0.717, 1.165) is 74.4 Å². The Hall–Kier alpha value is -3.18. The van der Waals surface area contributed by atoms with Gasteiger partial charge in [0, 0.05) is 6.54 Å². The van der Waals surface area contributed by atoms with Crippen molar-refractivity contribution < 1.29 is 18.9 Å². The predicted octanol–water partition coefficient (Wildman–Crippen LogP) is 6.37. The smallest absolute Gasteiger partial charge is 0.165 e. The maximum Gasteiger partial charge on any atom is 0.165 e. The topological polar surface area (TPSA) is 62.9 Å². The van der Waals surface area contributed by atoms with E-state index in [1.807, 2.05) is 42.5 Å². The largest absolute Gasteiger partial charge is 0.494 e. The summed E-state index contributed by atoms with van der Waals surface area (Å²) in [6.07, 6.45) is 8.04. The normalized spacial score (nSPS) is 16.6. The standard InChI is InChI=1S/C31H39NO4/c1-33-29-14-9-11-26-19-21-31(24-32,36-30(26)29)20-6-5-10-25-15-17-28(18-16-25)35-23-8-7-22-34-27-12-3-2-4-13-27/h2-4,9,11-18H,5-8,10,19-24,32H2,1H3/t31-/m1/s1. The number of unbranched alkanes of at least 4 members (excludes halogenated alkanes) is 2. The highest BCUT2D eigenvalue weighted by molar-refractivity contribution is 5.48. The Bertz CT molecular complexity index is 1040. The van der Waals surface area contributed by atoms with Crippen molar-refractivity contribution in [2.75, 3.05) is 26.9 Å². The predicted molar refractivity (Wildman–Crippen MR) is 144 cm³/mol. The van der Waals surface area contributed by atoms with Gasteiger partial charge in [-0.15, -0.1) is 0 Å². The molecule has 0 saturated carbocycles. The number of nitrogens with two attached hydrogens (primary N) is 1. The van der Waals surface area contributed by atoms with E-state index < -0.39 is 0 Å². The van der Waals surface area contributed by atoms with Gasteiger partial charge < -0.3 is 24.7 Å². The van der Waals surface area contributed by atoms with Crippen LogP contribution in [0.3, 0.4) is 0 Å². The summed E-state index contributed by atoms with van der Waals surface area (Å²) in [5, 5.41) is 0. The van der Waals surface area contributed by atoms with Crippen LogP contribution < -0.4 is 24.7 Å². The fraction of sp³-hybridized carbons (Fsp3) is 0.419. The van der Waals surface area contributed by atoms with Gasteiger partial charge in [-0.1, -0.05) is 42.5 Å². The molecule has 0 radical (unpaired) electrons. The lowest BCUT2D eigenvalue weighted by Crippen LogP contribution is -2.46. The van der Waals surface area contributed by atoms with Gasteiger partial charge in [0.05, 0.1) is 20.3 Å². The van der Waals surface area contributed by atoms with E-state index in [0.29, 0.717) is 19.8 Å². The molecule has 3 aromatic rings. The van der Waals surface area contributed by atoms with Crippen LogP contribution in [0.25, 0.3) is 0 Å². The lowest BCUT2D eigenvalue weighted by molar-refractivity contribution is 0.0404. The first-order valence-corrected chi connectivity index (χ1v) is 13.2. The zero-order chi connectivity index (χ0) is 25.1. The van der Waals surface area contributed by atoms with Crippen molar-refractivity contribution in [2.45, 2.75) is 57.0 Å². The van der Waals surface area contributed by atoms with Gasteiger partial charge in [0.2, 0.25) is 0 Å². The number of ether oxygens (including phenoxy) is 4. The second-order valence-corrected chi connectivity index (χ2v) is 9.51. The van der Waals surface area contributed by atoms with Gasteiger partial charge >= 0.3 is 0 Å². The van der Waals surface area contributed by atoms with Gasteiger partial charge in [-0.25, -0.2) is 0 Å². The van der Waals surface area contributed by atoms with Crippen molar-refractivity contribution in [1.29, 1.82) is 0 Å². The lowest BCUT2D eigenvalue weighted by Gasteiger charge is -2.38. The van der Waals surface area contributed by atoms with Crippen LogP contribution in [0, 0.1) is 0 Å². The summed E-state index contributed by atoms with van der Waals surface area (Å²) in [5.74, 6) is 3.51. The first-order valence-electron chi connectivity index (χ1n) is 13.2. The molecule has 192 valence electrons. The molecule has 5 nitrogen and oxygen atoms in total. The van der Waals surface area contributed by atoms with Crippen LogP contribution in [0.4, 0.5) is 0 Å². The average molecular weight is 490 g/mol. The summed E-state index contributed by atoms with van der Waals surface area (Å²) >= 11 is 0. The third kappa shape index (κ3) is 7.17. The molecule has 1 aliphatic heterocycles. The van der Waals surface area contributed by atoms with Gasteiger partial charge in [-0.2, -0.15) is 0 Å². The molecule has 4 rings (SSSR count). The van der Waals surface area contributed by atoms with E-state index in [1.165, 1.54) is 11.1 Å². The van der Waals surface area contributed by atoms with E-state index >= 15 is 0 Å². The molecule has 3 aromatic carbocycles. The summed E-state index contributed by atoms with van der Waals surface area (Å²) in [7, 11) is 1.69. The summed E-state index contributed by atoms with van der Waals surface area (Å²) in [4.78, 5) is 0. The second kappa shape index (κ2) is 13.2. The number of benzene rings is 3. The summed E-state index contributed by atoms with van der Waals surface area (Å²) in [5.41, 5.74) is 8.44. The Morgan fingerprint density at radius 2 is 1.53 bits per heavy atom. The Morgan fingerprint density at radius 3 is 2.22 bits per heavy atom. The maximum absolute atomic E-state index is 6.47. The molecule has 5 heteroatoms. The number of methoxy groups -OCH3 is 1. The first-order chi connectivity index (χ1) is 17.7. The van der Waals surface area contributed by atoms with Crippen molar-refractivity contribution in [2.24, 2.45) is 5.73 Å². The molecule has 1 aliphatic rings. The SMILES string of the molecule is COc1cccc2c1O[C@](CN)(CCCCc1ccc(OCCCCOc3ccccc3)cc1)CC2. The van der Waals surface area contributed by atoms with Gasteiger partial charge in [0.15, 0.2) is 11.5 Å². The minimum atomic E-state index is -0.300. The number of aryl methyl sites for hydroxylation is 2. The molecule has 0 saturated heterocycles. The molecule has 36 heavy (non-hydrogen) atoms. The van der Waals surface area contributed by atoms with Crippen LogP contribution in [-0.2, 0) is 12.8 Å². The monoisotopic (exact) mass is 489 g/mol. The summed E-state index contributed by atoms with van der Waals surface area (Å²) in [6, 6.07) is 24.5. The zero-order valence-electron chi connectivity index (χ0n) is 21.4. The molecular weight excluding hydrogens is 450 g/mol. The third-order valence-corrected chi connectivity index (χ3v) is 6.91. The molecule has 0 aliphatic carbocycles. The quantitative estimate of drug-likeness (QED) is 0.267. The molecule has 0 fully saturated rings. The fourth-order valence-corrected chi connectivity index (χ4v) is 4.72. The van der Waals surface area contributed by atoms with E-state index in [2.05, 4.69) is 30.3 Å². The third-order valence-electron chi connectivity index (χ3n) is 6.91. The fourth-order valence-electron chi connectivity index (χ4n) is 4.72. The number of hydrogen-bond acceptors (Lipinski definition) is 5. The molecule has 0 aromatic heterocycles. The van der Waals surface area contributed by atoms with E-state index in [-0.39, 0.29) is 5.60 Å². The zero-order valence-corrected chi connectivity index (χ0v) is 21.4. The minimum Gasteiger partial charge on any atom is -0.494 e. The van der Waals surface area contributed by atoms with E-state index in [9.17, 15) is 0 Å². The summed E-state index contributed by atoms with van der Waals surface area (Å²) in [6.45, 7) is 1.93. The number of para-hydroxylation sites is 2.